The smallest absolute Gasteiger partial charge is 0.329 e. The molecule has 13 heavy (non-hydrogen) atoms. The normalized spacial score (nSPS) is 17.5. The number of nitrogens with zero attached hydrogens (tertiary/aromatic N) is 1. The summed E-state index contributed by atoms with van der Waals surface area (Å²) in [5.41, 5.74) is -1.25. The molecule has 0 aromatic heterocycles. The largest absolute Gasteiger partial charge is 0.480 e. The van der Waals surface area contributed by atoms with Crippen molar-refractivity contribution in [3.8, 4) is 0 Å². The topological polar surface area (TPSA) is 94.9 Å². The number of carbonyl (C=O) groups is 3. The summed E-state index contributed by atoms with van der Waals surface area (Å²) in [7, 11) is 0. The lowest BCUT2D eigenvalue weighted by Gasteiger charge is -2.22. The highest BCUT2D eigenvalue weighted by molar-refractivity contribution is 5.86. The fourth-order valence-corrected chi connectivity index (χ4v) is 1.18. The molecule has 1 saturated carbocycles. The van der Waals surface area contributed by atoms with E-state index in [1.807, 2.05) is 0 Å². The van der Waals surface area contributed by atoms with E-state index in [9.17, 15) is 14.4 Å². The van der Waals surface area contributed by atoms with E-state index in [1.165, 1.54) is 0 Å². The zero-order chi connectivity index (χ0) is 10.1. The Morgan fingerprint density at radius 3 is 2.15 bits per heavy atom. The molecule has 0 aromatic rings. The van der Waals surface area contributed by atoms with Crippen LogP contribution >= 0.6 is 0 Å². The predicted molar refractivity (Wildman–Crippen MR) is 40.0 cm³/mol. The van der Waals surface area contributed by atoms with Crippen LogP contribution in [0.2, 0.25) is 0 Å². The van der Waals surface area contributed by atoms with Crippen LogP contribution in [0.15, 0.2) is 0 Å². The number of carbonyl (C=O) groups excluding carboxylic acids is 1. The van der Waals surface area contributed by atoms with Crippen LogP contribution in [0.1, 0.15) is 12.8 Å². The summed E-state index contributed by atoms with van der Waals surface area (Å²) in [5.74, 6) is -2.35. The van der Waals surface area contributed by atoms with Gasteiger partial charge in [0.1, 0.15) is 12.1 Å². The fourth-order valence-electron chi connectivity index (χ4n) is 1.18. The van der Waals surface area contributed by atoms with Crippen molar-refractivity contribution in [2.24, 2.45) is 0 Å². The van der Waals surface area contributed by atoms with Crippen molar-refractivity contribution >= 4 is 18.3 Å². The summed E-state index contributed by atoms with van der Waals surface area (Å²) >= 11 is 0. The van der Waals surface area contributed by atoms with Gasteiger partial charge in [-0.1, -0.05) is 0 Å². The average Bonchev–Trinajstić information content (AvgIpc) is 2.79. The molecule has 0 saturated heterocycles. The summed E-state index contributed by atoms with van der Waals surface area (Å²) in [6.45, 7) is -0.560. The second-order valence-corrected chi connectivity index (χ2v) is 2.96. The standard InChI is InChI=1S/C7H9NO5/c9-4-8(3-5(10)11)7(1-2-7)6(12)13/h4H,1-3H2,(H,10,11)(H,12,13). The molecule has 1 amide bonds. The summed E-state index contributed by atoms with van der Waals surface area (Å²) in [6.07, 6.45) is 0.929. The van der Waals surface area contributed by atoms with Gasteiger partial charge < -0.3 is 15.1 Å². The molecular formula is C7H9NO5. The number of hydrogen-bond acceptors (Lipinski definition) is 3. The van der Waals surface area contributed by atoms with E-state index in [0.29, 0.717) is 12.8 Å². The third-order valence-corrected chi connectivity index (χ3v) is 2.10. The first-order chi connectivity index (χ1) is 6.03. The van der Waals surface area contributed by atoms with Gasteiger partial charge in [0, 0.05) is 0 Å². The fraction of sp³-hybridized carbons (Fsp3) is 0.571. The first-order valence-electron chi connectivity index (χ1n) is 3.70. The van der Waals surface area contributed by atoms with Crippen LogP contribution in [-0.4, -0.2) is 45.5 Å². The van der Waals surface area contributed by atoms with Gasteiger partial charge in [-0.3, -0.25) is 9.59 Å². The van der Waals surface area contributed by atoms with E-state index in [1.54, 1.807) is 0 Å². The Bertz CT molecular complexity index is 258. The number of carboxylic acid groups (broad SMARTS) is 2. The van der Waals surface area contributed by atoms with Gasteiger partial charge in [-0.15, -0.1) is 0 Å². The Kier molecular flexibility index (Phi) is 2.22. The molecule has 0 bridgehead atoms. The minimum Gasteiger partial charge on any atom is -0.480 e. The van der Waals surface area contributed by atoms with Gasteiger partial charge in [-0.2, -0.15) is 0 Å². The Morgan fingerprint density at radius 2 is 1.92 bits per heavy atom. The maximum absolute atomic E-state index is 10.7. The molecule has 0 aliphatic heterocycles. The molecule has 0 heterocycles. The van der Waals surface area contributed by atoms with Crippen molar-refractivity contribution in [1.29, 1.82) is 0 Å². The maximum atomic E-state index is 10.7. The van der Waals surface area contributed by atoms with Crippen LogP contribution < -0.4 is 0 Å². The number of amides is 1. The highest BCUT2D eigenvalue weighted by Crippen LogP contribution is 2.40. The average molecular weight is 187 g/mol. The molecule has 0 spiro atoms. The zero-order valence-electron chi connectivity index (χ0n) is 6.77. The van der Waals surface area contributed by atoms with Crippen LogP contribution in [-0.2, 0) is 14.4 Å². The van der Waals surface area contributed by atoms with Crippen LogP contribution in [0.4, 0.5) is 0 Å². The van der Waals surface area contributed by atoms with Crippen molar-refractivity contribution in [3.05, 3.63) is 0 Å². The van der Waals surface area contributed by atoms with Gasteiger partial charge in [-0.25, -0.2) is 4.79 Å². The Balaban J connectivity index is 2.71. The van der Waals surface area contributed by atoms with Gasteiger partial charge in [0.2, 0.25) is 6.41 Å². The highest BCUT2D eigenvalue weighted by Gasteiger charge is 2.55. The van der Waals surface area contributed by atoms with Crippen LogP contribution in [0, 0.1) is 0 Å². The lowest BCUT2D eigenvalue weighted by atomic mass is 10.2. The number of hydrogen-bond donors (Lipinski definition) is 2. The lowest BCUT2D eigenvalue weighted by Crippen LogP contribution is -2.45. The Morgan fingerprint density at radius 1 is 1.38 bits per heavy atom. The third-order valence-electron chi connectivity index (χ3n) is 2.10. The molecule has 1 rings (SSSR count). The second-order valence-electron chi connectivity index (χ2n) is 2.96. The number of aliphatic carboxylic acids is 2. The van der Waals surface area contributed by atoms with Gasteiger partial charge in [-0.05, 0) is 12.8 Å². The molecule has 6 nitrogen and oxygen atoms in total. The molecule has 0 radical (unpaired) electrons. The van der Waals surface area contributed by atoms with Crippen LogP contribution in [0.25, 0.3) is 0 Å². The summed E-state index contributed by atoms with van der Waals surface area (Å²) in [6, 6.07) is 0. The second kappa shape index (κ2) is 3.04. The molecule has 1 fully saturated rings. The number of rotatable bonds is 5. The molecule has 0 atom stereocenters. The summed E-state index contributed by atoms with van der Waals surface area (Å²) in [4.78, 5) is 32.2. The summed E-state index contributed by atoms with van der Waals surface area (Å²) < 4.78 is 0. The molecule has 6 heteroatoms. The van der Waals surface area contributed by atoms with E-state index < -0.39 is 24.0 Å². The van der Waals surface area contributed by atoms with E-state index in [-0.39, 0.29) is 6.41 Å². The quantitative estimate of drug-likeness (QED) is 0.546. The van der Waals surface area contributed by atoms with Crippen LogP contribution in [0.5, 0.6) is 0 Å². The van der Waals surface area contributed by atoms with Crippen molar-refractivity contribution in [2.75, 3.05) is 6.54 Å². The van der Waals surface area contributed by atoms with Crippen molar-refractivity contribution in [1.82, 2.24) is 4.90 Å². The molecule has 2 N–H and O–H groups in total. The Hall–Kier alpha value is -1.59. The van der Waals surface area contributed by atoms with E-state index in [0.717, 1.165) is 4.90 Å². The number of carboxylic acids is 2. The van der Waals surface area contributed by atoms with E-state index in [2.05, 4.69) is 0 Å². The molecule has 0 aromatic carbocycles. The molecule has 1 aliphatic carbocycles. The first kappa shape index (κ1) is 9.50. The van der Waals surface area contributed by atoms with E-state index >= 15 is 0 Å². The van der Waals surface area contributed by atoms with Crippen molar-refractivity contribution < 1.29 is 24.6 Å². The predicted octanol–water partition coefficient (Wildman–Crippen LogP) is -0.853. The highest BCUT2D eigenvalue weighted by atomic mass is 16.4. The molecule has 1 aliphatic rings. The van der Waals surface area contributed by atoms with Gasteiger partial charge in [0.05, 0.1) is 0 Å². The molecule has 0 unspecified atom stereocenters. The minimum absolute atomic E-state index is 0.273. The lowest BCUT2D eigenvalue weighted by molar-refractivity contribution is -0.151. The zero-order valence-corrected chi connectivity index (χ0v) is 6.77. The Labute approximate surface area is 73.8 Å². The van der Waals surface area contributed by atoms with Crippen molar-refractivity contribution in [3.63, 3.8) is 0 Å². The SMILES string of the molecule is O=CN(CC(=O)O)C1(C(=O)O)CC1. The first-order valence-corrected chi connectivity index (χ1v) is 3.70. The van der Waals surface area contributed by atoms with Crippen LogP contribution in [0.3, 0.4) is 0 Å². The molecular weight excluding hydrogens is 178 g/mol. The maximum Gasteiger partial charge on any atom is 0.329 e. The molecule has 72 valence electrons. The minimum atomic E-state index is -1.25. The van der Waals surface area contributed by atoms with Gasteiger partial charge in [0.15, 0.2) is 0 Å². The van der Waals surface area contributed by atoms with E-state index in [4.69, 9.17) is 10.2 Å². The summed E-state index contributed by atoms with van der Waals surface area (Å²) in [5, 5.41) is 17.1. The van der Waals surface area contributed by atoms with Crippen molar-refractivity contribution in [2.45, 2.75) is 18.4 Å². The van der Waals surface area contributed by atoms with Gasteiger partial charge in [0.25, 0.3) is 0 Å². The monoisotopic (exact) mass is 187 g/mol. The third kappa shape index (κ3) is 1.61. The van der Waals surface area contributed by atoms with Gasteiger partial charge >= 0.3 is 11.9 Å².